The van der Waals surface area contributed by atoms with Gasteiger partial charge in [0.25, 0.3) is 5.91 Å². The molecule has 6 heteroatoms. The molecule has 1 heterocycles. The highest BCUT2D eigenvalue weighted by Crippen LogP contribution is 2.28. The summed E-state index contributed by atoms with van der Waals surface area (Å²) in [6.45, 7) is 3.83. The van der Waals surface area contributed by atoms with Crippen LogP contribution in [0, 0.1) is 5.92 Å². The largest absolute Gasteiger partial charge is 0.360 e. The summed E-state index contributed by atoms with van der Waals surface area (Å²) < 4.78 is 5.33. The van der Waals surface area contributed by atoms with Crippen molar-refractivity contribution in [3.63, 3.8) is 0 Å². The fourth-order valence-corrected chi connectivity index (χ4v) is 3.80. The van der Waals surface area contributed by atoms with Gasteiger partial charge in [0, 0.05) is 30.5 Å². The zero-order valence-electron chi connectivity index (χ0n) is 14.6. The summed E-state index contributed by atoms with van der Waals surface area (Å²) in [5.74, 6) is 1.27. The first-order chi connectivity index (χ1) is 11.5. The molecule has 0 spiro atoms. The van der Waals surface area contributed by atoms with Gasteiger partial charge < -0.3 is 15.2 Å². The van der Waals surface area contributed by atoms with Crippen LogP contribution >= 0.6 is 0 Å². The first-order valence-corrected chi connectivity index (χ1v) is 9.10. The summed E-state index contributed by atoms with van der Waals surface area (Å²) in [5.41, 5.74) is 1.22. The molecular weight excluding hydrogens is 306 g/mol. The number of aromatic nitrogens is 1. The molecule has 132 valence electrons. The van der Waals surface area contributed by atoms with E-state index < -0.39 is 0 Å². The first-order valence-electron chi connectivity index (χ1n) is 9.10. The number of hydrogen-bond acceptors (Lipinski definition) is 4. The van der Waals surface area contributed by atoms with E-state index in [0.717, 1.165) is 17.7 Å². The zero-order chi connectivity index (χ0) is 17.1. The molecule has 2 aliphatic rings. The molecule has 0 bridgehead atoms. The van der Waals surface area contributed by atoms with Crippen LogP contribution in [0.15, 0.2) is 4.52 Å². The van der Waals surface area contributed by atoms with E-state index in [-0.39, 0.29) is 23.9 Å². The molecule has 6 nitrogen and oxygen atoms in total. The predicted octanol–water partition coefficient (Wildman–Crippen LogP) is 2.37. The molecule has 0 aromatic carbocycles. The van der Waals surface area contributed by atoms with E-state index in [1.54, 1.807) is 0 Å². The van der Waals surface area contributed by atoms with Gasteiger partial charge in [-0.05, 0) is 45.4 Å². The monoisotopic (exact) mass is 333 g/mol. The Hall–Kier alpha value is -1.85. The maximum absolute atomic E-state index is 12.3. The van der Waals surface area contributed by atoms with Crippen LogP contribution in [0.1, 0.15) is 74.2 Å². The maximum atomic E-state index is 12.3. The van der Waals surface area contributed by atoms with Crippen molar-refractivity contribution >= 4 is 11.8 Å². The highest BCUT2D eigenvalue weighted by atomic mass is 16.5. The van der Waals surface area contributed by atoms with Crippen molar-refractivity contribution in [3.05, 3.63) is 17.0 Å². The third-order valence-corrected chi connectivity index (χ3v) is 4.99. The minimum atomic E-state index is -0.201. The van der Waals surface area contributed by atoms with Gasteiger partial charge in [-0.15, -0.1) is 0 Å². The molecule has 1 atom stereocenters. The van der Waals surface area contributed by atoms with E-state index in [1.165, 1.54) is 25.7 Å². The van der Waals surface area contributed by atoms with E-state index >= 15 is 0 Å². The van der Waals surface area contributed by atoms with Crippen molar-refractivity contribution in [1.29, 1.82) is 0 Å². The van der Waals surface area contributed by atoms with Gasteiger partial charge in [-0.3, -0.25) is 9.59 Å². The van der Waals surface area contributed by atoms with Crippen LogP contribution in [0.2, 0.25) is 0 Å². The SMILES string of the molecule is CC(C)NC(=O)c1noc2c1CC(NC(=O)CC1CCCC1)CC2. The third kappa shape index (κ3) is 3.97. The molecule has 1 fully saturated rings. The summed E-state index contributed by atoms with van der Waals surface area (Å²) in [6, 6.07) is 0.117. The Labute approximate surface area is 142 Å². The van der Waals surface area contributed by atoms with Gasteiger partial charge in [-0.1, -0.05) is 18.0 Å². The third-order valence-electron chi connectivity index (χ3n) is 4.99. The Morgan fingerprint density at radius 2 is 2.00 bits per heavy atom. The summed E-state index contributed by atoms with van der Waals surface area (Å²) in [5, 5.41) is 9.94. The molecule has 0 radical (unpaired) electrons. The van der Waals surface area contributed by atoms with Crippen molar-refractivity contribution in [1.82, 2.24) is 15.8 Å². The second-order valence-electron chi connectivity index (χ2n) is 7.42. The molecule has 0 saturated heterocycles. The summed E-state index contributed by atoms with van der Waals surface area (Å²) in [4.78, 5) is 24.5. The summed E-state index contributed by atoms with van der Waals surface area (Å²) >= 11 is 0. The number of amides is 2. The summed E-state index contributed by atoms with van der Waals surface area (Å²) in [6.07, 6.45) is 7.65. The lowest BCUT2D eigenvalue weighted by molar-refractivity contribution is -0.122. The predicted molar refractivity (Wildman–Crippen MR) is 89.6 cm³/mol. The molecule has 3 rings (SSSR count). The van der Waals surface area contributed by atoms with Gasteiger partial charge in [0.15, 0.2) is 5.69 Å². The number of carbonyl (C=O) groups excluding carboxylic acids is 2. The smallest absolute Gasteiger partial charge is 0.273 e. The van der Waals surface area contributed by atoms with Crippen LogP contribution in [0.5, 0.6) is 0 Å². The first kappa shape index (κ1) is 17.0. The number of rotatable bonds is 5. The van der Waals surface area contributed by atoms with Gasteiger partial charge in [0.05, 0.1) is 0 Å². The number of nitrogens with one attached hydrogen (secondary N) is 2. The van der Waals surface area contributed by atoms with Crippen LogP contribution in [0.3, 0.4) is 0 Å². The van der Waals surface area contributed by atoms with Crippen molar-refractivity contribution < 1.29 is 14.1 Å². The van der Waals surface area contributed by atoms with E-state index in [4.69, 9.17) is 4.52 Å². The molecule has 1 aromatic rings. The van der Waals surface area contributed by atoms with Crippen LogP contribution in [-0.2, 0) is 17.6 Å². The number of nitrogens with zero attached hydrogens (tertiary/aromatic N) is 1. The lowest BCUT2D eigenvalue weighted by atomic mass is 9.91. The second kappa shape index (κ2) is 7.36. The molecule has 2 aliphatic carbocycles. The Kier molecular flexibility index (Phi) is 5.21. The van der Waals surface area contributed by atoms with E-state index in [9.17, 15) is 9.59 Å². The van der Waals surface area contributed by atoms with Gasteiger partial charge in [-0.25, -0.2) is 0 Å². The average Bonchev–Trinajstić information content (AvgIpc) is 3.15. The minimum absolute atomic E-state index is 0.0513. The maximum Gasteiger partial charge on any atom is 0.273 e. The molecule has 1 saturated carbocycles. The Bertz CT molecular complexity index is 603. The average molecular weight is 333 g/mol. The Morgan fingerprint density at radius 3 is 2.71 bits per heavy atom. The Balaban J connectivity index is 1.59. The lowest BCUT2D eigenvalue weighted by Crippen LogP contribution is -2.40. The second-order valence-corrected chi connectivity index (χ2v) is 7.42. The molecule has 24 heavy (non-hydrogen) atoms. The number of aryl methyl sites for hydroxylation is 1. The van der Waals surface area contributed by atoms with Crippen molar-refractivity contribution in [2.24, 2.45) is 5.92 Å². The topological polar surface area (TPSA) is 84.2 Å². The van der Waals surface area contributed by atoms with Crippen LogP contribution in [-0.4, -0.2) is 29.1 Å². The van der Waals surface area contributed by atoms with E-state index in [1.807, 2.05) is 13.8 Å². The molecular formula is C18H27N3O3. The zero-order valence-corrected chi connectivity index (χ0v) is 14.6. The number of hydrogen-bond donors (Lipinski definition) is 2. The molecule has 1 unspecified atom stereocenters. The van der Waals surface area contributed by atoms with Gasteiger partial charge >= 0.3 is 0 Å². The van der Waals surface area contributed by atoms with Gasteiger partial charge in [0.2, 0.25) is 5.91 Å². The minimum Gasteiger partial charge on any atom is -0.360 e. The van der Waals surface area contributed by atoms with Crippen LogP contribution < -0.4 is 10.6 Å². The molecule has 0 aliphatic heterocycles. The Morgan fingerprint density at radius 1 is 1.25 bits per heavy atom. The quantitative estimate of drug-likeness (QED) is 0.866. The standard InChI is InChI=1S/C18H27N3O3/c1-11(2)19-18(23)17-14-10-13(7-8-15(14)24-21-17)20-16(22)9-12-5-3-4-6-12/h11-13H,3-10H2,1-2H3,(H,19,23)(H,20,22). The normalized spacial score (nSPS) is 20.9. The van der Waals surface area contributed by atoms with Crippen molar-refractivity contribution in [2.45, 2.75) is 77.3 Å². The molecule has 2 N–H and O–H groups in total. The molecule has 1 aromatic heterocycles. The lowest BCUT2D eigenvalue weighted by Gasteiger charge is -2.23. The van der Waals surface area contributed by atoms with Crippen molar-refractivity contribution in [3.8, 4) is 0 Å². The van der Waals surface area contributed by atoms with Crippen LogP contribution in [0.4, 0.5) is 0 Å². The fourth-order valence-electron chi connectivity index (χ4n) is 3.80. The highest BCUT2D eigenvalue weighted by molar-refractivity contribution is 5.94. The fraction of sp³-hybridized carbons (Fsp3) is 0.722. The van der Waals surface area contributed by atoms with Crippen molar-refractivity contribution in [2.75, 3.05) is 0 Å². The highest BCUT2D eigenvalue weighted by Gasteiger charge is 2.30. The van der Waals surface area contributed by atoms with Gasteiger partial charge in [0.1, 0.15) is 5.76 Å². The van der Waals surface area contributed by atoms with Crippen LogP contribution in [0.25, 0.3) is 0 Å². The summed E-state index contributed by atoms with van der Waals surface area (Å²) in [7, 11) is 0. The number of carbonyl (C=O) groups is 2. The van der Waals surface area contributed by atoms with E-state index in [2.05, 4.69) is 15.8 Å². The molecule has 2 amide bonds. The van der Waals surface area contributed by atoms with E-state index in [0.29, 0.717) is 30.9 Å². The van der Waals surface area contributed by atoms with Gasteiger partial charge in [-0.2, -0.15) is 0 Å². The number of fused-ring (bicyclic) bond motifs is 1.